The van der Waals surface area contributed by atoms with Gasteiger partial charge in [-0.05, 0) is 40.1 Å². The first-order valence-electron chi connectivity index (χ1n) is 11.2. The second kappa shape index (κ2) is 8.18. The summed E-state index contributed by atoms with van der Waals surface area (Å²) in [6.45, 7) is 21.0. The Morgan fingerprint density at radius 1 is 0.800 bits per heavy atom. The number of pyridine rings is 1. The Kier molecular flexibility index (Phi) is 6.15. The van der Waals surface area contributed by atoms with Crippen molar-refractivity contribution in [2.75, 3.05) is 5.32 Å². The van der Waals surface area contributed by atoms with E-state index in [-0.39, 0.29) is 5.04 Å². The highest BCUT2D eigenvalue weighted by Gasteiger charge is 2.38. The van der Waals surface area contributed by atoms with Crippen molar-refractivity contribution in [3.05, 3.63) is 59.7 Å². The SMILES string of the molecule is CC(C)c1cccc(C(C)C)c1Nc1cccc2ccc([Si](C)(C)C(C)(C)C)nc12. The number of hydrogen-bond acceptors (Lipinski definition) is 2. The molecule has 0 aliphatic rings. The van der Waals surface area contributed by atoms with E-state index in [0.717, 1.165) is 11.2 Å². The van der Waals surface area contributed by atoms with Gasteiger partial charge in [-0.1, -0.05) is 98.0 Å². The standard InChI is InChI=1S/C27H38N2Si/c1-18(2)21-13-11-14-22(19(3)4)26(21)28-23-15-10-12-20-16-17-24(29-25(20)23)30(8,9)27(5,6)7/h10-19,28H,1-9H3. The number of anilines is 2. The van der Waals surface area contributed by atoms with Crippen LogP contribution in [0.3, 0.4) is 0 Å². The zero-order valence-electron chi connectivity index (χ0n) is 20.2. The van der Waals surface area contributed by atoms with Gasteiger partial charge in [0.25, 0.3) is 0 Å². The van der Waals surface area contributed by atoms with Gasteiger partial charge in [-0.15, -0.1) is 0 Å². The highest BCUT2D eigenvalue weighted by molar-refractivity contribution is 6.91. The van der Waals surface area contributed by atoms with Gasteiger partial charge in [-0.25, -0.2) is 0 Å². The number of nitrogens with zero attached hydrogens (tertiary/aromatic N) is 1. The highest BCUT2D eigenvalue weighted by atomic mass is 28.3. The molecule has 0 aliphatic heterocycles. The molecule has 0 atom stereocenters. The van der Waals surface area contributed by atoms with Gasteiger partial charge < -0.3 is 5.32 Å². The highest BCUT2D eigenvalue weighted by Crippen LogP contribution is 2.37. The summed E-state index contributed by atoms with van der Waals surface area (Å²) < 4.78 is 0. The van der Waals surface area contributed by atoms with E-state index in [1.54, 1.807) is 0 Å². The van der Waals surface area contributed by atoms with Crippen LogP contribution in [0.1, 0.15) is 71.4 Å². The van der Waals surface area contributed by atoms with Crippen molar-refractivity contribution in [2.45, 2.75) is 78.4 Å². The molecule has 0 fully saturated rings. The lowest BCUT2D eigenvalue weighted by Crippen LogP contribution is -2.50. The summed E-state index contributed by atoms with van der Waals surface area (Å²) in [6, 6.07) is 17.7. The number of rotatable bonds is 5. The lowest BCUT2D eigenvalue weighted by Gasteiger charge is -2.36. The van der Waals surface area contributed by atoms with Crippen molar-refractivity contribution in [2.24, 2.45) is 0 Å². The predicted octanol–water partition coefficient (Wildman–Crippen LogP) is 7.94. The van der Waals surface area contributed by atoms with Crippen molar-refractivity contribution in [3.63, 3.8) is 0 Å². The van der Waals surface area contributed by atoms with Crippen molar-refractivity contribution in [3.8, 4) is 0 Å². The third-order valence-electron chi connectivity index (χ3n) is 6.87. The largest absolute Gasteiger partial charge is 0.353 e. The number of benzene rings is 2. The summed E-state index contributed by atoms with van der Waals surface area (Å²) in [4.78, 5) is 5.26. The van der Waals surface area contributed by atoms with Gasteiger partial charge in [0, 0.05) is 16.4 Å². The van der Waals surface area contributed by atoms with Crippen LogP contribution in [0.5, 0.6) is 0 Å². The van der Waals surface area contributed by atoms with Crippen LogP contribution in [0.15, 0.2) is 48.5 Å². The van der Waals surface area contributed by atoms with Crippen LogP contribution >= 0.6 is 0 Å². The molecule has 30 heavy (non-hydrogen) atoms. The molecule has 0 amide bonds. The molecule has 1 aromatic heterocycles. The number of aromatic nitrogens is 1. The number of hydrogen-bond donors (Lipinski definition) is 1. The molecule has 0 bridgehead atoms. The fourth-order valence-corrected chi connectivity index (χ4v) is 5.47. The first kappa shape index (κ1) is 22.5. The summed E-state index contributed by atoms with van der Waals surface area (Å²) in [5, 5.41) is 6.54. The van der Waals surface area contributed by atoms with Gasteiger partial charge in [0.15, 0.2) is 0 Å². The minimum Gasteiger partial charge on any atom is -0.353 e. The molecule has 2 aromatic carbocycles. The lowest BCUT2D eigenvalue weighted by molar-refractivity contribution is 0.728. The average Bonchev–Trinajstić information content (AvgIpc) is 2.66. The summed E-state index contributed by atoms with van der Waals surface area (Å²) >= 11 is 0. The molecule has 3 heteroatoms. The topological polar surface area (TPSA) is 24.9 Å². The quantitative estimate of drug-likeness (QED) is 0.425. The third-order valence-corrected chi connectivity index (χ3v) is 12.2. The monoisotopic (exact) mass is 418 g/mol. The minimum absolute atomic E-state index is 0.255. The molecular weight excluding hydrogens is 380 g/mol. The van der Waals surface area contributed by atoms with E-state index in [0.29, 0.717) is 11.8 Å². The van der Waals surface area contributed by atoms with Gasteiger partial charge in [-0.3, -0.25) is 4.98 Å². The Labute approximate surface area is 184 Å². The molecule has 2 nitrogen and oxygen atoms in total. The van der Waals surface area contributed by atoms with Gasteiger partial charge in [0.2, 0.25) is 0 Å². The number of para-hydroxylation sites is 2. The lowest BCUT2D eigenvalue weighted by atomic mass is 9.92. The van der Waals surface area contributed by atoms with Gasteiger partial charge in [0.1, 0.15) is 8.07 Å². The van der Waals surface area contributed by atoms with E-state index in [2.05, 4.69) is 115 Å². The maximum Gasteiger partial charge on any atom is 0.110 e. The smallest absolute Gasteiger partial charge is 0.110 e. The number of nitrogens with one attached hydrogen (secondary N) is 1. The molecular formula is C27H38N2Si. The number of fused-ring (bicyclic) bond motifs is 1. The first-order chi connectivity index (χ1) is 13.9. The molecule has 1 heterocycles. The van der Waals surface area contributed by atoms with Crippen molar-refractivity contribution < 1.29 is 0 Å². The fraction of sp³-hybridized carbons (Fsp3) is 0.444. The summed E-state index contributed by atoms with van der Waals surface area (Å²) in [5.74, 6) is 0.911. The summed E-state index contributed by atoms with van der Waals surface area (Å²) in [5.41, 5.74) is 6.14. The van der Waals surface area contributed by atoms with E-state index >= 15 is 0 Å². The van der Waals surface area contributed by atoms with Crippen LogP contribution < -0.4 is 10.6 Å². The van der Waals surface area contributed by atoms with Gasteiger partial charge in [0.05, 0.1) is 11.2 Å². The van der Waals surface area contributed by atoms with Crippen LogP contribution in [0.4, 0.5) is 11.4 Å². The second-order valence-electron chi connectivity index (χ2n) is 10.7. The molecule has 0 aliphatic carbocycles. The van der Waals surface area contributed by atoms with Crippen molar-refractivity contribution in [1.29, 1.82) is 0 Å². The molecule has 3 aromatic rings. The van der Waals surface area contributed by atoms with E-state index in [9.17, 15) is 0 Å². The Bertz CT molecular complexity index is 1020. The van der Waals surface area contributed by atoms with E-state index in [4.69, 9.17) is 4.98 Å². The Hall–Kier alpha value is -2.13. The maximum atomic E-state index is 5.26. The summed E-state index contributed by atoms with van der Waals surface area (Å²) in [6.07, 6.45) is 0. The molecule has 0 saturated heterocycles. The average molecular weight is 419 g/mol. The molecule has 0 unspecified atom stereocenters. The van der Waals surface area contributed by atoms with Crippen LogP contribution in [-0.4, -0.2) is 13.1 Å². The normalized spacial score (nSPS) is 12.8. The zero-order valence-corrected chi connectivity index (χ0v) is 21.2. The Morgan fingerprint density at radius 3 is 1.90 bits per heavy atom. The zero-order chi connectivity index (χ0) is 22.3. The Balaban J connectivity index is 2.18. The molecule has 0 spiro atoms. The van der Waals surface area contributed by atoms with Crippen LogP contribution in [0.25, 0.3) is 10.9 Å². The van der Waals surface area contributed by atoms with Crippen LogP contribution in [0.2, 0.25) is 18.1 Å². The first-order valence-corrected chi connectivity index (χ1v) is 14.2. The molecule has 3 rings (SSSR count). The minimum atomic E-state index is -1.71. The Morgan fingerprint density at radius 2 is 1.37 bits per heavy atom. The van der Waals surface area contributed by atoms with E-state index in [1.165, 1.54) is 27.5 Å². The van der Waals surface area contributed by atoms with Crippen molar-refractivity contribution >= 4 is 35.7 Å². The van der Waals surface area contributed by atoms with Crippen LogP contribution in [-0.2, 0) is 0 Å². The molecule has 160 valence electrons. The van der Waals surface area contributed by atoms with Crippen molar-refractivity contribution in [1.82, 2.24) is 4.98 Å². The van der Waals surface area contributed by atoms with Crippen LogP contribution in [0, 0.1) is 0 Å². The molecule has 1 N–H and O–H groups in total. The van der Waals surface area contributed by atoms with Gasteiger partial charge >= 0.3 is 0 Å². The van der Waals surface area contributed by atoms with Gasteiger partial charge in [-0.2, -0.15) is 0 Å². The fourth-order valence-electron chi connectivity index (χ4n) is 3.81. The third kappa shape index (κ3) is 4.18. The van der Waals surface area contributed by atoms with E-state index < -0.39 is 8.07 Å². The molecule has 0 radical (unpaired) electrons. The molecule has 0 saturated carbocycles. The summed E-state index contributed by atoms with van der Waals surface area (Å²) in [7, 11) is -1.71. The van der Waals surface area contributed by atoms with E-state index in [1.807, 2.05) is 0 Å². The predicted molar refractivity (Wildman–Crippen MR) is 136 cm³/mol. The maximum absolute atomic E-state index is 5.26. The second-order valence-corrected chi connectivity index (χ2v) is 16.0.